The third-order valence-electron chi connectivity index (χ3n) is 5.02. The van der Waals surface area contributed by atoms with E-state index in [1.165, 1.54) is 24.0 Å². The number of likely N-dealkylation sites (tertiary alicyclic amines) is 1. The van der Waals surface area contributed by atoms with Crippen molar-refractivity contribution in [2.24, 2.45) is 0 Å². The minimum absolute atomic E-state index is 0.580. The summed E-state index contributed by atoms with van der Waals surface area (Å²) in [5, 5.41) is 0. The monoisotopic (exact) mass is 335 g/mol. The van der Waals surface area contributed by atoms with Gasteiger partial charge >= 0.3 is 0 Å². The quantitative estimate of drug-likeness (QED) is 0.769. The van der Waals surface area contributed by atoms with Crippen LogP contribution in [0.1, 0.15) is 37.8 Å². The number of hydrogen-bond acceptors (Lipinski definition) is 3. The van der Waals surface area contributed by atoms with Gasteiger partial charge in [0.15, 0.2) is 0 Å². The number of benzene rings is 1. The fraction of sp³-hybridized carbons (Fsp3) is 0.409. The van der Waals surface area contributed by atoms with E-state index in [0.717, 1.165) is 32.0 Å². The SMILES string of the molecule is C/C=C/c1cccnc1N(CC)C1CCN(Cc2ccccc2)CC1. The Kier molecular flexibility index (Phi) is 6.24. The molecule has 2 heterocycles. The van der Waals surface area contributed by atoms with Crippen LogP contribution >= 0.6 is 0 Å². The number of allylic oxidation sites excluding steroid dienone is 1. The van der Waals surface area contributed by atoms with Crippen LogP contribution in [0, 0.1) is 0 Å². The van der Waals surface area contributed by atoms with Gasteiger partial charge in [0.05, 0.1) is 0 Å². The molecule has 0 spiro atoms. The first-order valence-corrected chi connectivity index (χ1v) is 9.42. The van der Waals surface area contributed by atoms with Crippen LogP contribution < -0.4 is 4.90 Å². The predicted molar refractivity (Wildman–Crippen MR) is 107 cm³/mol. The topological polar surface area (TPSA) is 19.4 Å². The molecule has 1 saturated heterocycles. The molecule has 3 rings (SSSR count). The van der Waals surface area contributed by atoms with Gasteiger partial charge < -0.3 is 4.90 Å². The number of hydrogen-bond donors (Lipinski definition) is 0. The average molecular weight is 335 g/mol. The van der Waals surface area contributed by atoms with Gasteiger partial charge in [-0.25, -0.2) is 4.98 Å². The van der Waals surface area contributed by atoms with Crippen LogP contribution in [-0.2, 0) is 6.54 Å². The second-order valence-electron chi connectivity index (χ2n) is 6.70. The first-order valence-electron chi connectivity index (χ1n) is 9.42. The molecule has 0 amide bonds. The van der Waals surface area contributed by atoms with E-state index in [-0.39, 0.29) is 0 Å². The molecule has 2 aromatic rings. The van der Waals surface area contributed by atoms with Crippen LogP contribution in [0.2, 0.25) is 0 Å². The van der Waals surface area contributed by atoms with Gasteiger partial charge in [-0.1, -0.05) is 42.5 Å². The summed E-state index contributed by atoms with van der Waals surface area (Å²) in [4.78, 5) is 9.76. The van der Waals surface area contributed by atoms with Crippen molar-refractivity contribution < 1.29 is 0 Å². The summed E-state index contributed by atoms with van der Waals surface area (Å²) in [6, 6.07) is 15.6. The first kappa shape index (κ1) is 17.7. The van der Waals surface area contributed by atoms with Crippen LogP contribution in [-0.4, -0.2) is 35.6 Å². The maximum atomic E-state index is 4.69. The molecule has 0 saturated carbocycles. The molecule has 0 aliphatic carbocycles. The van der Waals surface area contributed by atoms with E-state index in [0.29, 0.717) is 6.04 Å². The van der Waals surface area contributed by atoms with Crippen LogP contribution in [0.25, 0.3) is 6.08 Å². The summed E-state index contributed by atoms with van der Waals surface area (Å²) in [5.41, 5.74) is 2.63. The standard InChI is InChI=1S/C22H29N3/c1-3-9-20-12-8-15-23-22(20)25(4-2)21-13-16-24(17-14-21)18-19-10-6-5-7-11-19/h3,5-12,15,21H,4,13-14,16-18H2,1-2H3/b9-3+. The highest BCUT2D eigenvalue weighted by Crippen LogP contribution is 2.26. The molecular weight excluding hydrogens is 306 g/mol. The number of rotatable bonds is 6. The van der Waals surface area contributed by atoms with Crippen LogP contribution in [0.3, 0.4) is 0 Å². The molecule has 0 unspecified atom stereocenters. The van der Waals surface area contributed by atoms with Gasteiger partial charge in [-0.3, -0.25) is 4.90 Å². The van der Waals surface area contributed by atoms with Crippen molar-refractivity contribution in [3.63, 3.8) is 0 Å². The molecule has 132 valence electrons. The van der Waals surface area contributed by atoms with Crippen molar-refractivity contribution in [1.29, 1.82) is 0 Å². The van der Waals surface area contributed by atoms with Gasteiger partial charge in [-0.15, -0.1) is 0 Å². The Morgan fingerprint density at radius 1 is 1.12 bits per heavy atom. The molecule has 1 aliphatic heterocycles. The van der Waals surface area contributed by atoms with E-state index in [1.807, 2.05) is 12.3 Å². The number of piperidine rings is 1. The number of aromatic nitrogens is 1. The van der Waals surface area contributed by atoms with Crippen LogP contribution in [0.15, 0.2) is 54.7 Å². The highest BCUT2D eigenvalue weighted by Gasteiger charge is 2.25. The molecule has 3 nitrogen and oxygen atoms in total. The largest absolute Gasteiger partial charge is 0.353 e. The Bertz CT molecular complexity index is 673. The van der Waals surface area contributed by atoms with Crippen molar-refractivity contribution in [1.82, 2.24) is 9.88 Å². The number of pyridine rings is 1. The summed E-state index contributed by atoms with van der Waals surface area (Å²) >= 11 is 0. The minimum Gasteiger partial charge on any atom is -0.353 e. The minimum atomic E-state index is 0.580. The summed E-state index contributed by atoms with van der Waals surface area (Å²) in [6.45, 7) is 8.68. The zero-order chi connectivity index (χ0) is 17.5. The summed E-state index contributed by atoms with van der Waals surface area (Å²) in [7, 11) is 0. The summed E-state index contributed by atoms with van der Waals surface area (Å²) < 4.78 is 0. The molecule has 0 atom stereocenters. The van der Waals surface area contributed by atoms with Gasteiger partial charge in [0.1, 0.15) is 5.82 Å². The zero-order valence-corrected chi connectivity index (χ0v) is 15.4. The lowest BCUT2D eigenvalue weighted by atomic mass is 10.0. The molecule has 3 heteroatoms. The fourth-order valence-electron chi connectivity index (χ4n) is 3.77. The molecular formula is C22H29N3. The van der Waals surface area contributed by atoms with Gasteiger partial charge in [-0.05, 0) is 44.4 Å². The molecule has 0 N–H and O–H groups in total. The third kappa shape index (κ3) is 4.49. The van der Waals surface area contributed by atoms with E-state index in [9.17, 15) is 0 Å². The lowest BCUT2D eigenvalue weighted by Crippen LogP contribution is -2.45. The van der Waals surface area contributed by atoms with E-state index < -0.39 is 0 Å². The normalized spacial score (nSPS) is 16.4. The number of anilines is 1. The highest BCUT2D eigenvalue weighted by atomic mass is 15.2. The van der Waals surface area contributed by atoms with Crippen LogP contribution in [0.5, 0.6) is 0 Å². The van der Waals surface area contributed by atoms with Gasteiger partial charge in [0.2, 0.25) is 0 Å². The molecule has 0 radical (unpaired) electrons. The maximum absolute atomic E-state index is 4.69. The van der Waals surface area contributed by atoms with Crippen molar-refractivity contribution >= 4 is 11.9 Å². The lowest BCUT2D eigenvalue weighted by molar-refractivity contribution is 0.201. The Morgan fingerprint density at radius 2 is 1.88 bits per heavy atom. The molecule has 25 heavy (non-hydrogen) atoms. The smallest absolute Gasteiger partial charge is 0.136 e. The van der Waals surface area contributed by atoms with Gasteiger partial charge in [0, 0.05) is 44.0 Å². The van der Waals surface area contributed by atoms with E-state index in [2.05, 4.69) is 72.2 Å². The van der Waals surface area contributed by atoms with E-state index >= 15 is 0 Å². The van der Waals surface area contributed by atoms with Crippen molar-refractivity contribution in [3.8, 4) is 0 Å². The second kappa shape index (κ2) is 8.82. The Labute approximate surface area is 152 Å². The molecule has 1 aliphatic rings. The summed E-state index contributed by atoms with van der Waals surface area (Å²) in [5.74, 6) is 1.13. The Morgan fingerprint density at radius 3 is 2.56 bits per heavy atom. The fourth-order valence-corrected chi connectivity index (χ4v) is 3.77. The van der Waals surface area contributed by atoms with Gasteiger partial charge in [-0.2, -0.15) is 0 Å². The third-order valence-corrected chi connectivity index (χ3v) is 5.02. The lowest BCUT2D eigenvalue weighted by Gasteiger charge is -2.39. The Hall–Kier alpha value is -2.13. The average Bonchev–Trinajstić information content (AvgIpc) is 2.66. The second-order valence-corrected chi connectivity index (χ2v) is 6.70. The zero-order valence-electron chi connectivity index (χ0n) is 15.4. The first-order chi connectivity index (χ1) is 12.3. The highest BCUT2D eigenvalue weighted by molar-refractivity contribution is 5.64. The van der Waals surface area contributed by atoms with E-state index in [4.69, 9.17) is 4.98 Å². The van der Waals surface area contributed by atoms with Crippen molar-refractivity contribution in [2.75, 3.05) is 24.5 Å². The molecule has 1 fully saturated rings. The van der Waals surface area contributed by atoms with Crippen LogP contribution in [0.4, 0.5) is 5.82 Å². The molecule has 1 aromatic carbocycles. The van der Waals surface area contributed by atoms with E-state index in [1.54, 1.807) is 0 Å². The number of nitrogens with zero attached hydrogens (tertiary/aromatic N) is 3. The molecule has 0 bridgehead atoms. The molecule has 1 aromatic heterocycles. The Balaban J connectivity index is 1.65. The summed E-state index contributed by atoms with van der Waals surface area (Å²) in [6.07, 6.45) is 8.57. The van der Waals surface area contributed by atoms with Gasteiger partial charge in [0.25, 0.3) is 0 Å². The predicted octanol–water partition coefficient (Wildman–Crippen LogP) is 4.61. The van der Waals surface area contributed by atoms with Crippen molar-refractivity contribution in [2.45, 2.75) is 39.3 Å². The maximum Gasteiger partial charge on any atom is 0.136 e. The van der Waals surface area contributed by atoms with Crippen molar-refractivity contribution in [3.05, 3.63) is 65.9 Å².